The number of methoxy groups -OCH3 is 1. The van der Waals surface area contributed by atoms with E-state index in [0.29, 0.717) is 23.5 Å². The number of anilines is 1. The molecule has 0 atom stereocenters. The summed E-state index contributed by atoms with van der Waals surface area (Å²) in [7, 11) is 1.34. The number of unbranched alkanes of at least 4 members (excludes halogenated alkanes) is 1. The third-order valence-corrected chi connectivity index (χ3v) is 5.73. The highest BCUT2D eigenvalue weighted by Crippen LogP contribution is 2.29. The lowest BCUT2D eigenvalue weighted by atomic mass is 10.1. The number of hydrogen-bond donors (Lipinski definition) is 2. The van der Waals surface area contributed by atoms with Crippen molar-refractivity contribution in [2.24, 2.45) is 0 Å². The van der Waals surface area contributed by atoms with Crippen LogP contribution in [0.2, 0.25) is 0 Å². The van der Waals surface area contributed by atoms with Crippen molar-refractivity contribution < 1.29 is 24.0 Å². The number of hydrogen-bond acceptors (Lipinski definition) is 6. The van der Waals surface area contributed by atoms with Crippen LogP contribution in [-0.4, -0.2) is 30.5 Å². The largest absolute Gasteiger partial charge is 0.494 e. The van der Waals surface area contributed by atoms with Crippen molar-refractivity contribution in [2.75, 3.05) is 19.0 Å². The number of nitrogens with one attached hydrogen (secondary N) is 2. The molecule has 0 aliphatic heterocycles. The molecular formula is C27H26BrN3O6. The zero-order valence-electron chi connectivity index (χ0n) is 20.3. The second-order valence-corrected chi connectivity index (χ2v) is 8.80. The van der Waals surface area contributed by atoms with E-state index < -0.39 is 16.7 Å². The van der Waals surface area contributed by atoms with Gasteiger partial charge in [-0.3, -0.25) is 19.7 Å². The quantitative estimate of drug-likeness (QED) is 0.128. The van der Waals surface area contributed by atoms with Gasteiger partial charge in [0.1, 0.15) is 17.2 Å². The first-order valence-corrected chi connectivity index (χ1v) is 12.2. The van der Waals surface area contributed by atoms with Gasteiger partial charge < -0.3 is 20.1 Å². The normalized spacial score (nSPS) is 10.9. The summed E-state index contributed by atoms with van der Waals surface area (Å²) in [5.41, 5.74) is 1.00. The summed E-state index contributed by atoms with van der Waals surface area (Å²) in [5.74, 6) is -0.369. The molecule has 0 saturated carbocycles. The molecule has 2 amide bonds. The van der Waals surface area contributed by atoms with Gasteiger partial charge in [-0.2, -0.15) is 0 Å². The molecule has 0 radical (unpaired) electrons. The van der Waals surface area contributed by atoms with Crippen LogP contribution in [0.1, 0.15) is 35.7 Å². The predicted octanol–water partition coefficient (Wildman–Crippen LogP) is 5.95. The van der Waals surface area contributed by atoms with Gasteiger partial charge >= 0.3 is 0 Å². The molecule has 10 heteroatoms. The van der Waals surface area contributed by atoms with Crippen molar-refractivity contribution in [2.45, 2.75) is 19.8 Å². The molecule has 2 N–H and O–H groups in total. The first kappa shape index (κ1) is 27.4. The van der Waals surface area contributed by atoms with Crippen molar-refractivity contribution in [3.8, 4) is 11.5 Å². The lowest BCUT2D eigenvalue weighted by Gasteiger charge is -2.14. The van der Waals surface area contributed by atoms with Crippen LogP contribution in [0.3, 0.4) is 0 Å². The summed E-state index contributed by atoms with van der Waals surface area (Å²) >= 11 is 3.37. The van der Waals surface area contributed by atoms with Crippen LogP contribution in [0, 0.1) is 10.1 Å². The number of nitro groups is 1. The minimum atomic E-state index is -0.636. The van der Waals surface area contributed by atoms with Crippen molar-refractivity contribution in [1.29, 1.82) is 0 Å². The van der Waals surface area contributed by atoms with Gasteiger partial charge in [-0.25, -0.2) is 0 Å². The Hall–Kier alpha value is -4.18. The maximum atomic E-state index is 13.2. The number of carbonyl (C=O) groups excluding carboxylic acids is 2. The fraction of sp³-hybridized carbons (Fsp3) is 0.185. The van der Waals surface area contributed by atoms with Crippen LogP contribution in [-0.2, 0) is 4.79 Å². The fourth-order valence-corrected chi connectivity index (χ4v) is 3.47. The summed E-state index contributed by atoms with van der Waals surface area (Å²) in [6, 6.07) is 17.6. The summed E-state index contributed by atoms with van der Waals surface area (Å²) in [6.07, 6.45) is 3.47. The Kier molecular flexibility index (Phi) is 9.79. The third kappa shape index (κ3) is 7.91. The lowest BCUT2D eigenvalue weighted by Crippen LogP contribution is -2.30. The molecule has 37 heavy (non-hydrogen) atoms. The summed E-state index contributed by atoms with van der Waals surface area (Å²) in [5, 5.41) is 16.4. The van der Waals surface area contributed by atoms with E-state index in [1.807, 2.05) is 0 Å². The lowest BCUT2D eigenvalue weighted by molar-refractivity contribution is -0.384. The molecule has 0 unspecified atom stereocenters. The fourth-order valence-electron chi connectivity index (χ4n) is 3.20. The predicted molar refractivity (Wildman–Crippen MR) is 145 cm³/mol. The van der Waals surface area contributed by atoms with Crippen molar-refractivity contribution in [3.63, 3.8) is 0 Å². The monoisotopic (exact) mass is 567 g/mol. The number of halogens is 1. The number of carbonyl (C=O) groups is 2. The molecule has 3 aromatic rings. The van der Waals surface area contributed by atoms with Crippen LogP contribution in [0.25, 0.3) is 6.08 Å². The molecular weight excluding hydrogens is 542 g/mol. The summed E-state index contributed by atoms with van der Waals surface area (Å²) in [6.45, 7) is 2.67. The van der Waals surface area contributed by atoms with Gasteiger partial charge in [0.05, 0.1) is 30.4 Å². The molecule has 0 aliphatic carbocycles. The van der Waals surface area contributed by atoms with Gasteiger partial charge in [0, 0.05) is 16.1 Å². The summed E-state index contributed by atoms with van der Waals surface area (Å²) in [4.78, 5) is 36.7. The Morgan fingerprint density at radius 2 is 1.76 bits per heavy atom. The zero-order valence-corrected chi connectivity index (χ0v) is 21.9. The minimum Gasteiger partial charge on any atom is -0.494 e. The zero-order chi connectivity index (χ0) is 26.8. The molecule has 3 rings (SSSR count). The van der Waals surface area contributed by atoms with E-state index in [4.69, 9.17) is 9.47 Å². The standard InChI is InChI=1S/C27H26BrN3O6/c1-3-4-15-37-22-12-7-19(8-13-22)26(32)30-24(16-18-5-9-20(28)10-6-18)27(33)29-23-14-11-21(31(34)35)17-25(23)36-2/h5-14,16-17H,3-4,15H2,1-2H3,(H,29,33)(H,30,32)/b24-16-. The third-order valence-electron chi connectivity index (χ3n) is 5.20. The Labute approximate surface area is 222 Å². The number of amides is 2. The maximum absolute atomic E-state index is 13.2. The highest BCUT2D eigenvalue weighted by Gasteiger charge is 2.18. The van der Waals surface area contributed by atoms with Gasteiger partial charge in [-0.15, -0.1) is 0 Å². The second kappa shape index (κ2) is 13.2. The molecule has 192 valence electrons. The number of nitro benzene ring substituents is 1. The molecule has 0 aromatic heterocycles. The van der Waals surface area contributed by atoms with Crippen LogP contribution < -0.4 is 20.1 Å². The second-order valence-electron chi connectivity index (χ2n) is 7.89. The molecule has 0 bridgehead atoms. The Morgan fingerprint density at radius 3 is 2.38 bits per heavy atom. The van der Waals surface area contributed by atoms with E-state index in [1.54, 1.807) is 48.5 Å². The summed E-state index contributed by atoms with van der Waals surface area (Å²) < 4.78 is 11.7. The smallest absolute Gasteiger partial charge is 0.273 e. The van der Waals surface area contributed by atoms with Crippen molar-refractivity contribution in [3.05, 3.63) is 98.1 Å². The topological polar surface area (TPSA) is 120 Å². The molecule has 0 fully saturated rings. The molecule has 0 heterocycles. The number of nitrogens with zero attached hydrogens (tertiary/aromatic N) is 1. The van der Waals surface area contributed by atoms with Crippen LogP contribution in [0.5, 0.6) is 11.5 Å². The van der Waals surface area contributed by atoms with Gasteiger partial charge in [0.25, 0.3) is 17.5 Å². The van der Waals surface area contributed by atoms with Crippen molar-refractivity contribution >= 4 is 45.2 Å². The Bertz CT molecular complexity index is 1290. The first-order valence-electron chi connectivity index (χ1n) is 11.5. The molecule has 0 saturated heterocycles. The van der Waals surface area contributed by atoms with Crippen LogP contribution >= 0.6 is 15.9 Å². The van der Waals surface area contributed by atoms with E-state index in [2.05, 4.69) is 33.5 Å². The average molecular weight is 568 g/mol. The number of rotatable bonds is 11. The Balaban J connectivity index is 1.84. The SMILES string of the molecule is CCCCOc1ccc(C(=O)N/C(=C\c2ccc(Br)cc2)C(=O)Nc2ccc([N+](=O)[O-])cc2OC)cc1. The van der Waals surface area contributed by atoms with Gasteiger partial charge in [-0.1, -0.05) is 41.4 Å². The van der Waals surface area contributed by atoms with E-state index in [9.17, 15) is 19.7 Å². The van der Waals surface area contributed by atoms with E-state index in [-0.39, 0.29) is 22.8 Å². The number of non-ortho nitro benzene ring substituents is 1. The van der Waals surface area contributed by atoms with Crippen LogP contribution in [0.15, 0.2) is 76.9 Å². The van der Waals surface area contributed by atoms with Gasteiger partial charge in [-0.05, 0) is 60.5 Å². The number of benzene rings is 3. The molecule has 9 nitrogen and oxygen atoms in total. The number of ether oxygens (including phenoxy) is 2. The first-order chi connectivity index (χ1) is 17.8. The van der Waals surface area contributed by atoms with E-state index in [1.165, 1.54) is 31.4 Å². The average Bonchev–Trinajstić information content (AvgIpc) is 2.90. The van der Waals surface area contributed by atoms with Crippen molar-refractivity contribution in [1.82, 2.24) is 5.32 Å². The molecule has 3 aromatic carbocycles. The van der Waals surface area contributed by atoms with Gasteiger partial charge in [0.2, 0.25) is 0 Å². The highest BCUT2D eigenvalue weighted by molar-refractivity contribution is 9.10. The van der Waals surface area contributed by atoms with E-state index >= 15 is 0 Å². The molecule has 0 spiro atoms. The molecule has 0 aliphatic rings. The minimum absolute atomic E-state index is 0.0315. The Morgan fingerprint density at radius 1 is 1.05 bits per heavy atom. The highest BCUT2D eigenvalue weighted by atomic mass is 79.9. The van der Waals surface area contributed by atoms with Gasteiger partial charge in [0.15, 0.2) is 0 Å². The van der Waals surface area contributed by atoms with Crippen LogP contribution in [0.4, 0.5) is 11.4 Å². The maximum Gasteiger partial charge on any atom is 0.273 e. The van der Waals surface area contributed by atoms with E-state index in [0.717, 1.165) is 17.3 Å².